The average molecular weight is 358 g/mol. The highest BCUT2D eigenvalue weighted by Crippen LogP contribution is 2.31. The lowest BCUT2D eigenvalue weighted by atomic mass is 10.1. The Balaban J connectivity index is 1.57. The zero-order valence-electron chi connectivity index (χ0n) is 13.3. The number of aromatic nitrogens is 1. The van der Waals surface area contributed by atoms with Crippen molar-refractivity contribution in [2.45, 2.75) is 18.9 Å². The molecule has 1 aromatic heterocycles. The van der Waals surface area contributed by atoms with Crippen molar-refractivity contribution in [3.8, 4) is 17.6 Å². The molecular weight excluding hydrogens is 344 g/mol. The molecule has 7 nitrogen and oxygen atoms in total. The molecule has 1 aliphatic rings. The Bertz CT molecular complexity index is 842. The summed E-state index contributed by atoms with van der Waals surface area (Å²) in [6.45, 7) is 1.26. The number of nitriles is 1. The SMILES string of the molecule is Cc1csc([C@H](C#N)C(=O)COC(=O)[C@H]2COc3ccccc3O2)n1. The van der Waals surface area contributed by atoms with Gasteiger partial charge in [-0.3, -0.25) is 4.79 Å². The van der Waals surface area contributed by atoms with Crippen molar-refractivity contribution in [1.29, 1.82) is 5.26 Å². The van der Waals surface area contributed by atoms with Crippen molar-refractivity contribution in [2.75, 3.05) is 13.2 Å². The molecule has 2 atom stereocenters. The van der Waals surface area contributed by atoms with Crippen LogP contribution in [0, 0.1) is 18.3 Å². The zero-order chi connectivity index (χ0) is 17.8. The molecule has 25 heavy (non-hydrogen) atoms. The number of benzene rings is 1. The molecule has 2 heterocycles. The molecule has 1 aromatic carbocycles. The third-order valence-electron chi connectivity index (χ3n) is 3.46. The molecular formula is C17H14N2O5S. The molecule has 3 rings (SSSR count). The van der Waals surface area contributed by atoms with E-state index in [-0.39, 0.29) is 6.61 Å². The zero-order valence-corrected chi connectivity index (χ0v) is 14.1. The Hall–Kier alpha value is -2.92. The molecule has 1 aliphatic heterocycles. The van der Waals surface area contributed by atoms with E-state index in [1.165, 1.54) is 11.3 Å². The molecule has 128 valence electrons. The van der Waals surface area contributed by atoms with Crippen LogP contribution in [-0.4, -0.2) is 36.1 Å². The fourth-order valence-corrected chi connectivity index (χ4v) is 3.08. The van der Waals surface area contributed by atoms with E-state index >= 15 is 0 Å². The smallest absolute Gasteiger partial charge is 0.351 e. The van der Waals surface area contributed by atoms with Crippen LogP contribution < -0.4 is 9.47 Å². The van der Waals surface area contributed by atoms with Gasteiger partial charge in [0, 0.05) is 11.1 Å². The number of ether oxygens (including phenoxy) is 3. The number of Topliss-reactive ketones (excluding diaryl/α,β-unsaturated/α-hetero) is 1. The van der Waals surface area contributed by atoms with Crippen molar-refractivity contribution >= 4 is 23.1 Å². The Morgan fingerprint density at radius 3 is 2.88 bits per heavy atom. The summed E-state index contributed by atoms with van der Waals surface area (Å²) in [4.78, 5) is 28.4. The summed E-state index contributed by atoms with van der Waals surface area (Å²) < 4.78 is 15.9. The van der Waals surface area contributed by atoms with Crippen molar-refractivity contribution in [1.82, 2.24) is 4.98 Å². The second kappa shape index (κ2) is 7.32. The summed E-state index contributed by atoms with van der Waals surface area (Å²) in [6.07, 6.45) is -0.953. The highest BCUT2D eigenvalue weighted by atomic mass is 32.1. The van der Waals surface area contributed by atoms with E-state index in [4.69, 9.17) is 14.2 Å². The van der Waals surface area contributed by atoms with Crippen LogP contribution in [0.1, 0.15) is 16.6 Å². The van der Waals surface area contributed by atoms with Crippen LogP contribution in [0.2, 0.25) is 0 Å². The number of fused-ring (bicyclic) bond motifs is 1. The number of nitrogens with zero attached hydrogens (tertiary/aromatic N) is 2. The Morgan fingerprint density at radius 1 is 1.44 bits per heavy atom. The first kappa shape index (κ1) is 16.9. The van der Waals surface area contributed by atoms with E-state index in [1.807, 2.05) is 6.07 Å². The standard InChI is InChI=1S/C17H14N2O5S/c1-10-9-25-16(19-10)11(6-18)12(20)7-23-17(21)15-8-22-13-4-2-3-5-14(13)24-15/h2-5,9,11,15H,7-8H2,1H3/t11-,15-/m1/s1. The normalized spacial score (nSPS) is 16.6. The second-order valence-corrected chi connectivity index (χ2v) is 6.22. The first-order chi connectivity index (χ1) is 12.1. The van der Waals surface area contributed by atoms with Gasteiger partial charge in [0.05, 0.1) is 6.07 Å². The summed E-state index contributed by atoms with van der Waals surface area (Å²) in [5, 5.41) is 11.3. The van der Waals surface area contributed by atoms with Gasteiger partial charge in [0.25, 0.3) is 0 Å². The molecule has 0 unspecified atom stereocenters. The maximum atomic E-state index is 12.2. The Labute approximate surface area is 147 Å². The van der Waals surface area contributed by atoms with Crippen molar-refractivity contribution in [2.24, 2.45) is 0 Å². The van der Waals surface area contributed by atoms with Gasteiger partial charge in [-0.05, 0) is 19.1 Å². The lowest BCUT2D eigenvalue weighted by molar-refractivity contribution is -0.157. The van der Waals surface area contributed by atoms with E-state index in [0.717, 1.165) is 5.69 Å². The molecule has 0 saturated carbocycles. The third-order valence-corrected chi connectivity index (χ3v) is 4.49. The fraction of sp³-hybridized carbons (Fsp3) is 0.294. The fourth-order valence-electron chi connectivity index (χ4n) is 2.22. The number of ketones is 1. The number of rotatable bonds is 5. The van der Waals surface area contributed by atoms with Gasteiger partial charge in [0.2, 0.25) is 6.10 Å². The van der Waals surface area contributed by atoms with Crippen LogP contribution in [0.25, 0.3) is 0 Å². The maximum Gasteiger partial charge on any atom is 0.351 e. The monoisotopic (exact) mass is 358 g/mol. The van der Waals surface area contributed by atoms with E-state index in [0.29, 0.717) is 16.5 Å². The van der Waals surface area contributed by atoms with Crippen molar-refractivity contribution < 1.29 is 23.8 Å². The molecule has 0 spiro atoms. The molecule has 0 radical (unpaired) electrons. The maximum absolute atomic E-state index is 12.2. The molecule has 2 aromatic rings. The van der Waals surface area contributed by atoms with Gasteiger partial charge in [-0.1, -0.05) is 12.1 Å². The summed E-state index contributed by atoms with van der Waals surface area (Å²) in [5.74, 6) is -1.30. The molecule has 0 saturated heterocycles. The van der Waals surface area contributed by atoms with E-state index in [1.54, 1.807) is 36.6 Å². The quantitative estimate of drug-likeness (QED) is 0.754. The summed E-state index contributed by atoms with van der Waals surface area (Å²) in [7, 11) is 0. The van der Waals surface area contributed by atoms with E-state index in [2.05, 4.69) is 4.98 Å². The minimum absolute atomic E-state index is 0.00259. The molecule has 0 amide bonds. The number of thiazole rings is 1. The summed E-state index contributed by atoms with van der Waals surface area (Å²) in [5.41, 5.74) is 0.733. The van der Waals surface area contributed by atoms with E-state index in [9.17, 15) is 14.9 Å². The minimum atomic E-state index is -1.05. The molecule has 8 heteroatoms. The van der Waals surface area contributed by atoms with Crippen LogP contribution in [-0.2, 0) is 14.3 Å². The lowest BCUT2D eigenvalue weighted by Gasteiger charge is -2.24. The highest BCUT2D eigenvalue weighted by Gasteiger charge is 2.30. The summed E-state index contributed by atoms with van der Waals surface area (Å²) >= 11 is 1.23. The van der Waals surface area contributed by atoms with Crippen molar-refractivity contribution in [3.63, 3.8) is 0 Å². The van der Waals surface area contributed by atoms with Gasteiger partial charge in [-0.15, -0.1) is 11.3 Å². The van der Waals surface area contributed by atoms with E-state index < -0.39 is 30.4 Å². The molecule has 0 bridgehead atoms. The molecule has 0 aliphatic carbocycles. The number of hydrogen-bond donors (Lipinski definition) is 0. The number of para-hydroxylation sites is 2. The Kier molecular flexibility index (Phi) is 4.95. The first-order valence-electron chi connectivity index (χ1n) is 7.48. The third kappa shape index (κ3) is 3.78. The predicted molar refractivity (Wildman–Crippen MR) is 87.5 cm³/mol. The number of carbonyl (C=O) groups is 2. The number of aryl methyl sites for hydroxylation is 1. The first-order valence-corrected chi connectivity index (χ1v) is 8.36. The Morgan fingerprint density at radius 2 is 2.20 bits per heavy atom. The molecule has 0 N–H and O–H groups in total. The topological polar surface area (TPSA) is 98.5 Å². The van der Waals surface area contributed by atoms with Gasteiger partial charge in [-0.2, -0.15) is 5.26 Å². The van der Waals surface area contributed by atoms with Crippen molar-refractivity contribution in [3.05, 3.63) is 40.3 Å². The van der Waals surface area contributed by atoms with Crippen LogP contribution in [0.15, 0.2) is 29.6 Å². The van der Waals surface area contributed by atoms with Crippen LogP contribution in [0.5, 0.6) is 11.5 Å². The highest BCUT2D eigenvalue weighted by molar-refractivity contribution is 7.09. The summed E-state index contributed by atoms with van der Waals surface area (Å²) in [6, 6.07) is 8.86. The minimum Gasteiger partial charge on any atom is -0.485 e. The number of esters is 1. The largest absolute Gasteiger partial charge is 0.485 e. The van der Waals surface area contributed by atoms with Crippen LogP contribution in [0.4, 0.5) is 0 Å². The second-order valence-electron chi connectivity index (χ2n) is 5.33. The van der Waals surface area contributed by atoms with Crippen LogP contribution in [0.3, 0.4) is 0 Å². The van der Waals surface area contributed by atoms with Gasteiger partial charge in [0.1, 0.15) is 11.6 Å². The number of hydrogen-bond acceptors (Lipinski definition) is 8. The van der Waals surface area contributed by atoms with Gasteiger partial charge < -0.3 is 14.2 Å². The van der Waals surface area contributed by atoms with Gasteiger partial charge >= 0.3 is 5.97 Å². The van der Waals surface area contributed by atoms with Gasteiger partial charge in [-0.25, -0.2) is 9.78 Å². The lowest BCUT2D eigenvalue weighted by Crippen LogP contribution is -2.38. The van der Waals surface area contributed by atoms with Crippen LogP contribution >= 0.6 is 11.3 Å². The number of carbonyl (C=O) groups excluding carboxylic acids is 2. The predicted octanol–water partition coefficient (Wildman–Crippen LogP) is 2.01. The average Bonchev–Trinajstić information content (AvgIpc) is 3.05. The molecule has 0 fully saturated rings. The van der Waals surface area contributed by atoms with Gasteiger partial charge in [0.15, 0.2) is 29.8 Å².